The van der Waals surface area contributed by atoms with Crippen molar-refractivity contribution in [3.05, 3.63) is 93.5 Å². The van der Waals surface area contributed by atoms with E-state index in [-0.39, 0.29) is 19.0 Å². The molecule has 2 aromatic carbocycles. The van der Waals surface area contributed by atoms with Crippen LogP contribution in [0.25, 0.3) is 11.0 Å². The van der Waals surface area contributed by atoms with E-state index in [4.69, 9.17) is 0 Å². The van der Waals surface area contributed by atoms with Crippen molar-refractivity contribution in [1.29, 1.82) is 0 Å². The highest BCUT2D eigenvalue weighted by atomic mass is 16.2. The minimum atomic E-state index is -0.708. The number of hydrogen-bond acceptors (Lipinski definition) is 3. The van der Waals surface area contributed by atoms with Gasteiger partial charge in [0.05, 0.1) is 11.0 Å². The third-order valence-electron chi connectivity index (χ3n) is 4.56. The standard InChI is InChI=1S/C22H23N3O3/c1-2-15-24-18-12-6-7-13-19(18)25(22(28)21(24)27)16-20(26)23-14-8-11-17-9-4-3-5-10-17/h2-7,9-10,12-13H,1,8,11,14-16H2,(H,23,26). The molecule has 0 aliphatic carbocycles. The summed E-state index contributed by atoms with van der Waals surface area (Å²) in [5.41, 5.74) is 0.998. The molecule has 0 aliphatic heterocycles. The lowest BCUT2D eigenvalue weighted by Crippen LogP contribution is -2.43. The lowest BCUT2D eigenvalue weighted by molar-refractivity contribution is -0.121. The summed E-state index contributed by atoms with van der Waals surface area (Å²) in [7, 11) is 0. The van der Waals surface area contributed by atoms with Crippen molar-refractivity contribution >= 4 is 16.9 Å². The molecule has 1 amide bonds. The molecule has 0 radical (unpaired) electrons. The number of para-hydroxylation sites is 2. The van der Waals surface area contributed by atoms with E-state index in [1.165, 1.54) is 14.7 Å². The molecule has 0 atom stereocenters. The maximum absolute atomic E-state index is 12.5. The summed E-state index contributed by atoms with van der Waals surface area (Å²) in [5, 5.41) is 2.83. The van der Waals surface area contributed by atoms with Crippen LogP contribution < -0.4 is 16.4 Å². The van der Waals surface area contributed by atoms with Crippen LogP contribution in [0.2, 0.25) is 0 Å². The van der Waals surface area contributed by atoms with E-state index < -0.39 is 11.1 Å². The second-order valence-electron chi connectivity index (χ2n) is 6.52. The topological polar surface area (TPSA) is 73.1 Å². The van der Waals surface area contributed by atoms with Crippen molar-refractivity contribution < 1.29 is 4.79 Å². The maximum Gasteiger partial charge on any atom is 0.317 e. The number of carbonyl (C=O) groups is 1. The van der Waals surface area contributed by atoms with Crippen LogP contribution in [0, 0.1) is 0 Å². The van der Waals surface area contributed by atoms with E-state index in [1.807, 2.05) is 30.3 Å². The van der Waals surface area contributed by atoms with Crippen molar-refractivity contribution in [1.82, 2.24) is 14.5 Å². The molecule has 0 bridgehead atoms. The van der Waals surface area contributed by atoms with Crippen molar-refractivity contribution in [3.63, 3.8) is 0 Å². The highest BCUT2D eigenvalue weighted by molar-refractivity contribution is 5.80. The zero-order valence-electron chi connectivity index (χ0n) is 15.6. The molecule has 6 heteroatoms. The largest absolute Gasteiger partial charge is 0.355 e. The summed E-state index contributed by atoms with van der Waals surface area (Å²) >= 11 is 0. The zero-order chi connectivity index (χ0) is 19.9. The Labute approximate surface area is 162 Å². The molecule has 1 N–H and O–H groups in total. The summed E-state index contributed by atoms with van der Waals surface area (Å²) in [6, 6.07) is 17.1. The summed E-state index contributed by atoms with van der Waals surface area (Å²) in [6.07, 6.45) is 3.23. The molecule has 3 aromatic rings. The van der Waals surface area contributed by atoms with E-state index in [1.54, 1.807) is 30.3 Å². The molecule has 0 fully saturated rings. The first kappa shape index (κ1) is 19.4. The van der Waals surface area contributed by atoms with Gasteiger partial charge in [0.2, 0.25) is 5.91 Å². The molecule has 0 saturated carbocycles. The van der Waals surface area contributed by atoms with Gasteiger partial charge >= 0.3 is 11.1 Å². The van der Waals surface area contributed by atoms with Gasteiger partial charge in [-0.2, -0.15) is 0 Å². The van der Waals surface area contributed by atoms with Gasteiger partial charge in [-0.15, -0.1) is 6.58 Å². The molecule has 6 nitrogen and oxygen atoms in total. The first-order valence-corrected chi connectivity index (χ1v) is 9.25. The average molecular weight is 377 g/mol. The smallest absolute Gasteiger partial charge is 0.317 e. The second kappa shape index (κ2) is 8.99. The van der Waals surface area contributed by atoms with Gasteiger partial charge < -0.3 is 5.32 Å². The Morgan fingerprint density at radius 2 is 1.54 bits per heavy atom. The lowest BCUT2D eigenvalue weighted by Gasteiger charge is -2.14. The van der Waals surface area contributed by atoms with Gasteiger partial charge in [-0.1, -0.05) is 48.5 Å². The van der Waals surface area contributed by atoms with Gasteiger partial charge in [0, 0.05) is 13.1 Å². The molecule has 0 spiro atoms. The normalized spacial score (nSPS) is 10.7. The Morgan fingerprint density at radius 1 is 0.929 bits per heavy atom. The van der Waals surface area contributed by atoms with E-state index in [9.17, 15) is 14.4 Å². The first-order valence-electron chi connectivity index (χ1n) is 9.25. The molecule has 0 aliphatic rings. The number of amides is 1. The van der Waals surface area contributed by atoms with Crippen LogP contribution in [0.5, 0.6) is 0 Å². The SMILES string of the molecule is C=CCn1c(=O)c(=O)n(CC(=O)NCCCc2ccccc2)c2ccccc21. The molecule has 28 heavy (non-hydrogen) atoms. The van der Waals surface area contributed by atoms with Gasteiger partial charge in [0.15, 0.2) is 0 Å². The fourth-order valence-corrected chi connectivity index (χ4v) is 3.20. The highest BCUT2D eigenvalue weighted by Crippen LogP contribution is 2.10. The number of benzene rings is 2. The molecule has 1 aromatic heterocycles. The minimum absolute atomic E-state index is 0.186. The summed E-state index contributed by atoms with van der Waals surface area (Å²) < 4.78 is 2.61. The summed E-state index contributed by atoms with van der Waals surface area (Å²) in [4.78, 5) is 37.3. The molecular formula is C22H23N3O3. The first-order chi connectivity index (χ1) is 13.6. The Hall–Kier alpha value is -3.41. The fraction of sp³-hybridized carbons (Fsp3) is 0.227. The molecule has 0 unspecified atom stereocenters. The number of rotatable bonds is 8. The average Bonchev–Trinajstić information content (AvgIpc) is 2.72. The van der Waals surface area contributed by atoms with Crippen LogP contribution in [0.4, 0.5) is 0 Å². The Balaban J connectivity index is 1.73. The fourth-order valence-electron chi connectivity index (χ4n) is 3.20. The van der Waals surface area contributed by atoms with Crippen LogP contribution in [-0.2, 0) is 24.3 Å². The van der Waals surface area contributed by atoms with Crippen molar-refractivity contribution in [2.45, 2.75) is 25.9 Å². The highest BCUT2D eigenvalue weighted by Gasteiger charge is 2.14. The van der Waals surface area contributed by atoms with Gasteiger partial charge in [0.25, 0.3) is 0 Å². The number of carbonyl (C=O) groups excluding carboxylic acids is 1. The molecule has 144 valence electrons. The van der Waals surface area contributed by atoms with Crippen LogP contribution in [0.3, 0.4) is 0 Å². The maximum atomic E-state index is 12.5. The van der Waals surface area contributed by atoms with E-state index >= 15 is 0 Å². The summed E-state index contributed by atoms with van der Waals surface area (Å²) in [5.74, 6) is -0.291. The van der Waals surface area contributed by atoms with Crippen LogP contribution >= 0.6 is 0 Å². The van der Waals surface area contributed by atoms with Crippen molar-refractivity contribution in [2.75, 3.05) is 6.54 Å². The molecule has 1 heterocycles. The summed E-state index contributed by atoms with van der Waals surface area (Å²) in [6.45, 7) is 4.19. The van der Waals surface area contributed by atoms with Crippen LogP contribution in [-0.4, -0.2) is 21.6 Å². The van der Waals surface area contributed by atoms with E-state index in [2.05, 4.69) is 11.9 Å². The number of hydrogen-bond donors (Lipinski definition) is 1. The van der Waals surface area contributed by atoms with E-state index in [0.717, 1.165) is 12.8 Å². The quantitative estimate of drug-likeness (QED) is 0.371. The van der Waals surface area contributed by atoms with Crippen molar-refractivity contribution in [3.8, 4) is 0 Å². The second-order valence-corrected chi connectivity index (χ2v) is 6.52. The molecule has 0 saturated heterocycles. The third kappa shape index (κ3) is 4.28. The number of fused-ring (bicyclic) bond motifs is 1. The predicted molar refractivity (Wildman–Crippen MR) is 110 cm³/mol. The Kier molecular flexibility index (Phi) is 6.22. The Bertz CT molecular complexity index is 1100. The monoisotopic (exact) mass is 377 g/mol. The van der Waals surface area contributed by atoms with Gasteiger partial charge in [-0.3, -0.25) is 23.5 Å². The van der Waals surface area contributed by atoms with Crippen LogP contribution in [0.1, 0.15) is 12.0 Å². The Morgan fingerprint density at radius 3 is 2.21 bits per heavy atom. The van der Waals surface area contributed by atoms with Gasteiger partial charge in [-0.05, 0) is 30.5 Å². The van der Waals surface area contributed by atoms with Gasteiger partial charge in [0.1, 0.15) is 6.54 Å². The van der Waals surface area contributed by atoms with E-state index in [0.29, 0.717) is 17.6 Å². The predicted octanol–water partition coefficient (Wildman–Crippen LogP) is 2.10. The third-order valence-corrected chi connectivity index (χ3v) is 4.56. The number of aromatic nitrogens is 2. The number of aryl methyl sites for hydroxylation is 1. The van der Waals surface area contributed by atoms with Gasteiger partial charge in [-0.25, -0.2) is 0 Å². The molecular weight excluding hydrogens is 354 g/mol. The lowest BCUT2D eigenvalue weighted by atomic mass is 10.1. The van der Waals surface area contributed by atoms with Crippen LogP contribution in [0.15, 0.2) is 76.8 Å². The number of nitrogens with one attached hydrogen (secondary N) is 1. The number of allylic oxidation sites excluding steroid dienone is 1. The van der Waals surface area contributed by atoms with Crippen molar-refractivity contribution in [2.24, 2.45) is 0 Å². The minimum Gasteiger partial charge on any atom is -0.355 e. The molecule has 3 rings (SSSR count). The number of nitrogens with zero attached hydrogens (tertiary/aromatic N) is 2. The zero-order valence-corrected chi connectivity index (χ0v) is 15.6.